The number of carbonyl (C=O) groups excluding carboxylic acids is 2. The molecule has 148 valence electrons. The Morgan fingerprint density at radius 2 is 1.75 bits per heavy atom. The third kappa shape index (κ3) is 5.18. The van der Waals surface area contributed by atoms with Crippen molar-refractivity contribution in [3.8, 4) is 0 Å². The van der Waals surface area contributed by atoms with Gasteiger partial charge in [-0.3, -0.25) is 9.59 Å². The van der Waals surface area contributed by atoms with Gasteiger partial charge >= 0.3 is 0 Å². The number of hydrogen-bond donors (Lipinski definition) is 1. The largest absolute Gasteiger partial charge is 0.344 e. The van der Waals surface area contributed by atoms with E-state index in [-0.39, 0.29) is 30.0 Å². The van der Waals surface area contributed by atoms with Gasteiger partial charge in [0.05, 0.1) is 6.42 Å². The molecule has 0 fully saturated rings. The minimum Gasteiger partial charge on any atom is -0.344 e. The average molecular weight is 382 g/mol. The van der Waals surface area contributed by atoms with Crippen molar-refractivity contribution in [1.82, 2.24) is 10.2 Å². The van der Waals surface area contributed by atoms with Gasteiger partial charge in [-0.1, -0.05) is 50.2 Å². The molecule has 2 aromatic carbocycles. The molecule has 3 rings (SSSR count). The van der Waals surface area contributed by atoms with E-state index in [9.17, 15) is 14.0 Å². The van der Waals surface area contributed by atoms with Crippen molar-refractivity contribution >= 4 is 11.8 Å². The summed E-state index contributed by atoms with van der Waals surface area (Å²) in [7, 11) is 0. The summed E-state index contributed by atoms with van der Waals surface area (Å²) in [5.74, 6) is -0.307. The summed E-state index contributed by atoms with van der Waals surface area (Å²) in [6, 6.07) is 13.5. The van der Waals surface area contributed by atoms with Gasteiger partial charge in [0.1, 0.15) is 11.9 Å². The van der Waals surface area contributed by atoms with Crippen LogP contribution >= 0.6 is 0 Å². The number of nitrogens with zero attached hydrogens (tertiary/aromatic N) is 1. The van der Waals surface area contributed by atoms with Gasteiger partial charge in [0, 0.05) is 13.1 Å². The number of carbonyl (C=O) groups is 2. The van der Waals surface area contributed by atoms with Crippen LogP contribution in [0.25, 0.3) is 0 Å². The first-order valence-corrected chi connectivity index (χ1v) is 9.81. The zero-order valence-corrected chi connectivity index (χ0v) is 16.5. The molecule has 0 saturated heterocycles. The number of amides is 2. The van der Waals surface area contributed by atoms with Crippen LogP contribution in [0.4, 0.5) is 4.39 Å². The van der Waals surface area contributed by atoms with Crippen LogP contribution in [0.5, 0.6) is 0 Å². The first-order chi connectivity index (χ1) is 13.4. The van der Waals surface area contributed by atoms with Crippen LogP contribution in [-0.2, 0) is 29.0 Å². The van der Waals surface area contributed by atoms with Crippen molar-refractivity contribution < 1.29 is 14.0 Å². The van der Waals surface area contributed by atoms with Gasteiger partial charge in [-0.15, -0.1) is 0 Å². The van der Waals surface area contributed by atoms with E-state index in [1.807, 2.05) is 30.9 Å². The lowest BCUT2D eigenvalue weighted by Gasteiger charge is -2.32. The summed E-state index contributed by atoms with van der Waals surface area (Å²) < 4.78 is 13.0. The normalized spacial score (nSPS) is 14.5. The van der Waals surface area contributed by atoms with Crippen molar-refractivity contribution in [2.75, 3.05) is 6.54 Å². The lowest BCUT2D eigenvalue weighted by molar-refractivity contribution is -0.137. The first kappa shape index (κ1) is 20.1. The molecule has 0 radical (unpaired) electrons. The Hall–Kier alpha value is -2.69. The highest BCUT2D eigenvalue weighted by atomic mass is 19.1. The second kappa shape index (κ2) is 9.00. The third-order valence-electron chi connectivity index (χ3n) is 5.06. The van der Waals surface area contributed by atoms with Crippen LogP contribution in [0.2, 0.25) is 0 Å². The number of benzene rings is 2. The van der Waals surface area contributed by atoms with Crippen LogP contribution in [0.15, 0.2) is 48.5 Å². The van der Waals surface area contributed by atoms with E-state index in [1.54, 1.807) is 12.1 Å². The molecule has 0 bridgehead atoms. The Labute approximate surface area is 165 Å². The maximum Gasteiger partial charge on any atom is 0.245 e. The van der Waals surface area contributed by atoms with E-state index in [1.165, 1.54) is 23.3 Å². The molecule has 5 heteroatoms. The second-order valence-corrected chi connectivity index (χ2v) is 7.83. The molecule has 1 atom stereocenters. The SMILES string of the molecule is CC(C)C[C@H](NC(=O)Cc1ccc(F)cc1)C(=O)N1CCc2ccccc2C1. The molecule has 0 spiro atoms. The van der Waals surface area contributed by atoms with Crippen molar-refractivity contribution in [3.63, 3.8) is 0 Å². The quantitative estimate of drug-likeness (QED) is 0.832. The van der Waals surface area contributed by atoms with Crippen molar-refractivity contribution in [2.24, 2.45) is 5.92 Å². The number of halogens is 1. The molecule has 1 heterocycles. The van der Waals surface area contributed by atoms with Crippen LogP contribution in [-0.4, -0.2) is 29.3 Å². The van der Waals surface area contributed by atoms with E-state index in [0.717, 1.165) is 12.0 Å². The Bertz CT molecular complexity index is 833. The number of fused-ring (bicyclic) bond motifs is 1. The number of rotatable bonds is 6. The molecule has 1 N–H and O–H groups in total. The molecule has 2 amide bonds. The Kier molecular flexibility index (Phi) is 6.45. The molecule has 0 unspecified atom stereocenters. The average Bonchev–Trinajstić information content (AvgIpc) is 2.68. The lowest BCUT2D eigenvalue weighted by Crippen LogP contribution is -2.50. The Morgan fingerprint density at radius 3 is 2.43 bits per heavy atom. The van der Waals surface area contributed by atoms with Crippen molar-refractivity contribution in [2.45, 2.75) is 45.7 Å². The fourth-order valence-corrected chi connectivity index (χ4v) is 3.63. The predicted octanol–water partition coefficient (Wildman–Crippen LogP) is 3.48. The van der Waals surface area contributed by atoms with E-state index in [2.05, 4.69) is 17.4 Å². The van der Waals surface area contributed by atoms with Crippen LogP contribution in [0.3, 0.4) is 0 Å². The Morgan fingerprint density at radius 1 is 1.07 bits per heavy atom. The third-order valence-corrected chi connectivity index (χ3v) is 5.06. The van der Waals surface area contributed by atoms with Crippen molar-refractivity contribution in [1.29, 1.82) is 0 Å². The van der Waals surface area contributed by atoms with Gasteiger partial charge in [0.25, 0.3) is 0 Å². The summed E-state index contributed by atoms with van der Waals surface area (Å²) in [4.78, 5) is 27.5. The molecular formula is C23H27FN2O2. The van der Waals surface area contributed by atoms with E-state index >= 15 is 0 Å². The molecule has 0 aliphatic carbocycles. The van der Waals surface area contributed by atoms with Crippen LogP contribution < -0.4 is 5.32 Å². The summed E-state index contributed by atoms with van der Waals surface area (Å²) in [6.07, 6.45) is 1.55. The summed E-state index contributed by atoms with van der Waals surface area (Å²) in [6.45, 7) is 5.32. The predicted molar refractivity (Wildman–Crippen MR) is 107 cm³/mol. The smallest absolute Gasteiger partial charge is 0.245 e. The highest BCUT2D eigenvalue weighted by Gasteiger charge is 2.29. The zero-order valence-electron chi connectivity index (χ0n) is 16.5. The molecule has 2 aromatic rings. The fourth-order valence-electron chi connectivity index (χ4n) is 3.63. The molecule has 1 aliphatic rings. The lowest BCUT2D eigenvalue weighted by atomic mass is 9.97. The maximum atomic E-state index is 13.1. The van der Waals surface area contributed by atoms with E-state index < -0.39 is 6.04 Å². The summed E-state index contributed by atoms with van der Waals surface area (Å²) in [5, 5.41) is 2.91. The molecule has 28 heavy (non-hydrogen) atoms. The zero-order chi connectivity index (χ0) is 20.1. The minimum atomic E-state index is -0.543. The topological polar surface area (TPSA) is 49.4 Å². The highest BCUT2D eigenvalue weighted by Crippen LogP contribution is 2.20. The Balaban J connectivity index is 1.66. The van der Waals surface area contributed by atoms with Crippen LogP contribution in [0.1, 0.15) is 37.0 Å². The van der Waals surface area contributed by atoms with Gasteiger partial charge < -0.3 is 10.2 Å². The van der Waals surface area contributed by atoms with Crippen molar-refractivity contribution in [3.05, 3.63) is 71.0 Å². The number of hydrogen-bond acceptors (Lipinski definition) is 2. The van der Waals surface area contributed by atoms with Crippen LogP contribution in [0, 0.1) is 11.7 Å². The molecule has 1 aliphatic heterocycles. The molecule has 0 saturated carbocycles. The summed E-state index contributed by atoms with van der Waals surface area (Å²) in [5.41, 5.74) is 3.18. The highest BCUT2D eigenvalue weighted by molar-refractivity contribution is 5.88. The maximum absolute atomic E-state index is 13.1. The van der Waals surface area contributed by atoms with E-state index in [4.69, 9.17) is 0 Å². The van der Waals surface area contributed by atoms with Gasteiger partial charge in [0.2, 0.25) is 11.8 Å². The molecule has 4 nitrogen and oxygen atoms in total. The minimum absolute atomic E-state index is 0.0318. The summed E-state index contributed by atoms with van der Waals surface area (Å²) >= 11 is 0. The first-order valence-electron chi connectivity index (χ1n) is 9.81. The molecular weight excluding hydrogens is 355 g/mol. The standard InChI is InChI=1S/C23H27FN2O2/c1-16(2)13-21(25-22(27)14-17-7-9-20(24)10-8-17)23(28)26-12-11-18-5-3-4-6-19(18)15-26/h3-10,16,21H,11-15H2,1-2H3,(H,25,27)/t21-/m0/s1. The number of nitrogens with one attached hydrogen (secondary N) is 1. The van der Waals surface area contributed by atoms with Gasteiger partial charge in [-0.05, 0) is 47.6 Å². The fraction of sp³-hybridized carbons (Fsp3) is 0.391. The second-order valence-electron chi connectivity index (χ2n) is 7.83. The monoisotopic (exact) mass is 382 g/mol. The van der Waals surface area contributed by atoms with Gasteiger partial charge in [-0.25, -0.2) is 4.39 Å². The van der Waals surface area contributed by atoms with Gasteiger partial charge in [-0.2, -0.15) is 0 Å². The molecule has 0 aromatic heterocycles. The van der Waals surface area contributed by atoms with Gasteiger partial charge in [0.15, 0.2) is 0 Å². The van der Waals surface area contributed by atoms with E-state index in [0.29, 0.717) is 19.5 Å².